The molecule has 1 saturated heterocycles. The van der Waals surface area contributed by atoms with Gasteiger partial charge in [0.2, 0.25) is 0 Å². The van der Waals surface area contributed by atoms with Gasteiger partial charge in [-0.15, -0.1) is 11.3 Å². The Labute approximate surface area is 106 Å². The molecule has 0 bridgehead atoms. The number of nitrogens with zero attached hydrogens (tertiary/aromatic N) is 1. The maximum absolute atomic E-state index is 11.5. The number of rotatable bonds is 3. The molecule has 2 heterocycles. The Kier molecular flexibility index (Phi) is 3.31. The van der Waals surface area contributed by atoms with Gasteiger partial charge < -0.3 is 5.32 Å². The lowest BCUT2D eigenvalue weighted by Gasteiger charge is -2.23. The first-order valence-corrected chi connectivity index (χ1v) is 8.32. The van der Waals surface area contributed by atoms with Crippen LogP contribution in [-0.2, 0) is 16.4 Å². The van der Waals surface area contributed by atoms with E-state index in [1.54, 1.807) is 11.3 Å². The minimum Gasteiger partial charge on any atom is -0.304 e. The summed E-state index contributed by atoms with van der Waals surface area (Å²) in [4.78, 5) is 5.67. The van der Waals surface area contributed by atoms with Crippen LogP contribution in [0.1, 0.15) is 28.9 Å². The lowest BCUT2D eigenvalue weighted by atomic mass is 10.0. The van der Waals surface area contributed by atoms with Gasteiger partial charge in [0, 0.05) is 17.0 Å². The second kappa shape index (κ2) is 4.33. The molecule has 1 fully saturated rings. The van der Waals surface area contributed by atoms with Gasteiger partial charge in [-0.3, -0.25) is 0 Å². The summed E-state index contributed by atoms with van der Waals surface area (Å²) >= 11 is 1.67. The molecule has 1 atom stereocenters. The SMILES string of the molecule is Cc1nc(CNC2(C)CCS(=O)(=O)C2)sc1C. The standard InChI is InChI=1S/C11H18N2O2S2/c1-8-9(2)16-10(13-8)6-12-11(3)4-5-17(14,15)7-11/h12H,4-7H2,1-3H3. The summed E-state index contributed by atoms with van der Waals surface area (Å²) in [7, 11) is -2.84. The summed E-state index contributed by atoms with van der Waals surface area (Å²) < 4.78 is 22.9. The molecule has 17 heavy (non-hydrogen) atoms. The van der Waals surface area contributed by atoms with Crippen molar-refractivity contribution in [3.05, 3.63) is 15.6 Å². The van der Waals surface area contributed by atoms with Gasteiger partial charge in [0.1, 0.15) is 5.01 Å². The van der Waals surface area contributed by atoms with Crippen LogP contribution >= 0.6 is 11.3 Å². The molecule has 1 unspecified atom stereocenters. The molecule has 96 valence electrons. The van der Waals surface area contributed by atoms with Crippen molar-refractivity contribution in [3.8, 4) is 0 Å². The van der Waals surface area contributed by atoms with Crippen LogP contribution in [-0.4, -0.2) is 30.4 Å². The fraction of sp³-hybridized carbons (Fsp3) is 0.727. The van der Waals surface area contributed by atoms with E-state index < -0.39 is 9.84 Å². The lowest BCUT2D eigenvalue weighted by molar-refractivity contribution is 0.395. The minimum absolute atomic E-state index is 0.239. The van der Waals surface area contributed by atoms with E-state index in [4.69, 9.17) is 0 Å². The first-order chi connectivity index (χ1) is 7.80. The van der Waals surface area contributed by atoms with Crippen molar-refractivity contribution in [2.75, 3.05) is 11.5 Å². The van der Waals surface area contributed by atoms with Gasteiger partial charge in [-0.2, -0.15) is 0 Å². The zero-order chi connectivity index (χ0) is 12.7. The highest BCUT2D eigenvalue weighted by molar-refractivity contribution is 7.91. The van der Waals surface area contributed by atoms with E-state index in [-0.39, 0.29) is 11.3 Å². The molecule has 4 nitrogen and oxygen atoms in total. The molecule has 1 aromatic heterocycles. The van der Waals surface area contributed by atoms with Crippen LogP contribution in [0.5, 0.6) is 0 Å². The van der Waals surface area contributed by atoms with Gasteiger partial charge in [-0.05, 0) is 27.2 Å². The molecule has 2 rings (SSSR count). The number of nitrogens with one attached hydrogen (secondary N) is 1. The van der Waals surface area contributed by atoms with Gasteiger partial charge in [0.25, 0.3) is 0 Å². The third-order valence-electron chi connectivity index (χ3n) is 3.24. The van der Waals surface area contributed by atoms with Crippen LogP contribution in [0, 0.1) is 13.8 Å². The van der Waals surface area contributed by atoms with E-state index in [1.807, 2.05) is 13.8 Å². The second-order valence-electron chi connectivity index (χ2n) is 5.01. The molecule has 6 heteroatoms. The predicted octanol–water partition coefficient (Wildman–Crippen LogP) is 1.43. The minimum atomic E-state index is -2.84. The van der Waals surface area contributed by atoms with Gasteiger partial charge in [0.15, 0.2) is 9.84 Å². The number of thiazole rings is 1. The lowest BCUT2D eigenvalue weighted by Crippen LogP contribution is -2.42. The highest BCUT2D eigenvalue weighted by Crippen LogP contribution is 2.24. The zero-order valence-electron chi connectivity index (χ0n) is 10.4. The third-order valence-corrected chi connectivity index (χ3v) is 6.22. The summed E-state index contributed by atoms with van der Waals surface area (Å²) in [5, 5.41) is 4.37. The Morgan fingerprint density at radius 1 is 1.47 bits per heavy atom. The topological polar surface area (TPSA) is 59.1 Å². The summed E-state index contributed by atoms with van der Waals surface area (Å²) in [6.07, 6.45) is 0.693. The third kappa shape index (κ3) is 3.05. The normalized spacial score (nSPS) is 27.5. The Morgan fingerprint density at radius 3 is 2.65 bits per heavy atom. The number of hydrogen-bond donors (Lipinski definition) is 1. The quantitative estimate of drug-likeness (QED) is 0.906. The Balaban J connectivity index is 1.99. The summed E-state index contributed by atoms with van der Waals surface area (Å²) in [5.74, 6) is 0.537. The molecular formula is C11H18N2O2S2. The van der Waals surface area contributed by atoms with Crippen molar-refractivity contribution < 1.29 is 8.42 Å². The van der Waals surface area contributed by atoms with E-state index in [0.29, 0.717) is 18.7 Å². The van der Waals surface area contributed by atoms with Crippen molar-refractivity contribution in [2.24, 2.45) is 0 Å². The van der Waals surface area contributed by atoms with Crippen molar-refractivity contribution >= 4 is 21.2 Å². The largest absolute Gasteiger partial charge is 0.304 e. The molecule has 1 aromatic rings. The average molecular weight is 274 g/mol. The van der Waals surface area contributed by atoms with Crippen molar-refractivity contribution in [3.63, 3.8) is 0 Å². The van der Waals surface area contributed by atoms with Gasteiger partial charge in [-0.1, -0.05) is 0 Å². The number of aryl methyl sites for hydroxylation is 2. The van der Waals surface area contributed by atoms with Crippen molar-refractivity contribution in [1.29, 1.82) is 0 Å². The van der Waals surface area contributed by atoms with Crippen LogP contribution < -0.4 is 5.32 Å². The van der Waals surface area contributed by atoms with Crippen molar-refractivity contribution in [1.82, 2.24) is 10.3 Å². The van der Waals surface area contributed by atoms with E-state index in [9.17, 15) is 8.42 Å². The first kappa shape index (κ1) is 13.0. The highest BCUT2D eigenvalue weighted by atomic mass is 32.2. The molecule has 0 spiro atoms. The molecule has 0 aliphatic carbocycles. The van der Waals surface area contributed by atoms with Gasteiger partial charge in [-0.25, -0.2) is 13.4 Å². The zero-order valence-corrected chi connectivity index (χ0v) is 12.0. The fourth-order valence-electron chi connectivity index (χ4n) is 2.05. The van der Waals surface area contributed by atoms with E-state index >= 15 is 0 Å². The van der Waals surface area contributed by atoms with Crippen LogP contribution in [0.15, 0.2) is 0 Å². The molecule has 1 aliphatic rings. The number of aromatic nitrogens is 1. The van der Waals surface area contributed by atoms with Crippen LogP contribution in [0.25, 0.3) is 0 Å². The molecule has 0 saturated carbocycles. The summed E-state index contributed by atoms with van der Waals surface area (Å²) in [6.45, 7) is 6.69. The van der Waals surface area contributed by atoms with Crippen LogP contribution in [0.4, 0.5) is 0 Å². The van der Waals surface area contributed by atoms with Crippen molar-refractivity contribution in [2.45, 2.75) is 39.3 Å². The maximum Gasteiger partial charge on any atom is 0.152 e. The van der Waals surface area contributed by atoms with E-state index in [0.717, 1.165) is 10.7 Å². The smallest absolute Gasteiger partial charge is 0.152 e. The molecular weight excluding hydrogens is 256 g/mol. The number of hydrogen-bond acceptors (Lipinski definition) is 5. The monoisotopic (exact) mass is 274 g/mol. The molecule has 1 N–H and O–H groups in total. The van der Waals surface area contributed by atoms with Crippen LogP contribution in [0.2, 0.25) is 0 Å². The molecule has 0 amide bonds. The first-order valence-electron chi connectivity index (χ1n) is 5.68. The Hall–Kier alpha value is -0.460. The number of sulfone groups is 1. The van der Waals surface area contributed by atoms with Gasteiger partial charge >= 0.3 is 0 Å². The van der Waals surface area contributed by atoms with E-state index in [1.165, 1.54) is 4.88 Å². The highest BCUT2D eigenvalue weighted by Gasteiger charge is 2.37. The Morgan fingerprint density at radius 2 is 2.18 bits per heavy atom. The van der Waals surface area contributed by atoms with Crippen LogP contribution in [0.3, 0.4) is 0 Å². The molecule has 0 aromatic carbocycles. The fourth-order valence-corrected chi connectivity index (χ4v) is 5.05. The molecule has 0 radical (unpaired) electrons. The molecule has 1 aliphatic heterocycles. The second-order valence-corrected chi connectivity index (χ2v) is 8.48. The van der Waals surface area contributed by atoms with E-state index in [2.05, 4.69) is 17.2 Å². The summed E-state index contributed by atoms with van der Waals surface area (Å²) in [5.41, 5.74) is 0.780. The maximum atomic E-state index is 11.5. The predicted molar refractivity (Wildman–Crippen MR) is 70.1 cm³/mol. The Bertz CT molecular complexity index is 502. The average Bonchev–Trinajstić information content (AvgIpc) is 2.66. The van der Waals surface area contributed by atoms with Gasteiger partial charge in [0.05, 0.1) is 17.2 Å². The summed E-state index contributed by atoms with van der Waals surface area (Å²) in [6, 6.07) is 0.